The third-order valence-corrected chi connectivity index (χ3v) is 5.42. The number of piperazine rings is 1. The highest BCUT2D eigenvalue weighted by molar-refractivity contribution is 6.26. The molecule has 2 aliphatic heterocycles. The molecule has 0 spiro atoms. The number of hydrogen-bond acceptors (Lipinski definition) is 6. The average Bonchev–Trinajstić information content (AvgIpc) is 2.74. The maximum Gasteiger partial charge on any atom is 0.305 e. The zero-order chi connectivity index (χ0) is 19.7. The third kappa shape index (κ3) is 3.11. The van der Waals surface area contributed by atoms with E-state index in [-0.39, 0.29) is 30.7 Å². The van der Waals surface area contributed by atoms with Gasteiger partial charge < -0.3 is 15.0 Å². The molecule has 7 heteroatoms. The fourth-order valence-corrected chi connectivity index (χ4v) is 4.00. The number of carbonyl (C=O) groups excluding carboxylic acids is 3. The second-order valence-electron chi connectivity index (χ2n) is 7.04. The molecular weight excluding hydrogens is 358 g/mol. The zero-order valence-corrected chi connectivity index (χ0v) is 15.9. The van der Waals surface area contributed by atoms with E-state index in [4.69, 9.17) is 0 Å². The fraction of sp³-hybridized carbons (Fsp3) is 0.381. The molecule has 0 saturated carbocycles. The molecule has 0 radical (unpaired) electrons. The lowest BCUT2D eigenvalue weighted by molar-refractivity contribution is -0.140. The molecule has 2 aliphatic rings. The van der Waals surface area contributed by atoms with Crippen LogP contribution in [0, 0.1) is 0 Å². The largest absolute Gasteiger partial charge is 0.469 e. The zero-order valence-electron chi connectivity index (χ0n) is 15.9. The maximum absolute atomic E-state index is 13.0. The lowest BCUT2D eigenvalue weighted by atomic mass is 9.92. The van der Waals surface area contributed by atoms with Crippen LogP contribution in [-0.4, -0.2) is 62.5 Å². The van der Waals surface area contributed by atoms with Crippen LogP contribution in [0.25, 0.3) is 10.8 Å². The van der Waals surface area contributed by atoms with Crippen LogP contribution in [0.1, 0.15) is 33.6 Å². The van der Waals surface area contributed by atoms with Crippen LogP contribution < -0.4 is 10.2 Å². The van der Waals surface area contributed by atoms with Crippen molar-refractivity contribution in [1.29, 1.82) is 0 Å². The minimum atomic E-state index is -0.347. The van der Waals surface area contributed by atoms with Crippen LogP contribution in [0.15, 0.2) is 30.3 Å². The lowest BCUT2D eigenvalue weighted by Crippen LogP contribution is -2.44. The summed E-state index contributed by atoms with van der Waals surface area (Å²) in [6.45, 7) is 3.80. The summed E-state index contributed by atoms with van der Waals surface area (Å²) in [5, 5.41) is 5.01. The highest BCUT2D eigenvalue weighted by Gasteiger charge is 2.33. The standard InChI is InChI=1S/C21H23N3O4/c1-28-18(25)6-3-11-24-20(26)15-5-2-4-14-17(23-12-9-22-10-13-23)8-7-16(19(14)15)21(24)27/h2,4-5,7-8,22H,3,6,9-13H2,1H3. The van der Waals surface area contributed by atoms with Crippen molar-refractivity contribution in [2.45, 2.75) is 12.8 Å². The number of esters is 1. The molecule has 4 rings (SSSR count). The van der Waals surface area contributed by atoms with Gasteiger partial charge >= 0.3 is 5.97 Å². The van der Waals surface area contributed by atoms with Gasteiger partial charge in [0.25, 0.3) is 11.8 Å². The second kappa shape index (κ2) is 7.59. The maximum atomic E-state index is 13.0. The lowest BCUT2D eigenvalue weighted by Gasteiger charge is -2.32. The number of carbonyl (C=O) groups is 3. The summed E-state index contributed by atoms with van der Waals surface area (Å²) < 4.78 is 4.63. The van der Waals surface area contributed by atoms with Crippen molar-refractivity contribution in [2.24, 2.45) is 0 Å². The van der Waals surface area contributed by atoms with Crippen LogP contribution >= 0.6 is 0 Å². The van der Waals surface area contributed by atoms with Crippen molar-refractivity contribution in [3.05, 3.63) is 41.5 Å². The Kier molecular flexibility index (Phi) is 5.00. The van der Waals surface area contributed by atoms with Crippen molar-refractivity contribution in [3.8, 4) is 0 Å². The Labute approximate surface area is 163 Å². The first-order valence-corrected chi connectivity index (χ1v) is 9.56. The summed E-state index contributed by atoms with van der Waals surface area (Å²) in [6.07, 6.45) is 0.556. The van der Waals surface area contributed by atoms with Crippen molar-refractivity contribution in [1.82, 2.24) is 10.2 Å². The first-order valence-electron chi connectivity index (χ1n) is 9.56. The van der Waals surface area contributed by atoms with Crippen LogP contribution in [0.3, 0.4) is 0 Å². The number of imide groups is 1. The Morgan fingerprint density at radius 1 is 1.07 bits per heavy atom. The number of methoxy groups -OCH3 is 1. The molecule has 28 heavy (non-hydrogen) atoms. The number of nitrogens with one attached hydrogen (secondary N) is 1. The summed E-state index contributed by atoms with van der Waals surface area (Å²) in [4.78, 5) is 40.9. The van der Waals surface area contributed by atoms with Gasteiger partial charge in [-0.2, -0.15) is 0 Å². The Balaban J connectivity index is 1.69. The van der Waals surface area contributed by atoms with E-state index < -0.39 is 0 Å². The van der Waals surface area contributed by atoms with E-state index in [9.17, 15) is 14.4 Å². The molecule has 0 unspecified atom stereocenters. The molecule has 0 atom stereocenters. The second-order valence-corrected chi connectivity index (χ2v) is 7.04. The van der Waals surface area contributed by atoms with Gasteiger partial charge in [-0.05, 0) is 24.6 Å². The number of benzene rings is 2. The number of anilines is 1. The number of nitrogens with zero attached hydrogens (tertiary/aromatic N) is 2. The van der Waals surface area contributed by atoms with Gasteiger partial charge in [-0.25, -0.2) is 0 Å². The molecule has 7 nitrogen and oxygen atoms in total. The van der Waals surface area contributed by atoms with E-state index in [2.05, 4.69) is 15.0 Å². The quantitative estimate of drug-likeness (QED) is 0.629. The van der Waals surface area contributed by atoms with Gasteiger partial charge in [0.1, 0.15) is 0 Å². The Morgan fingerprint density at radius 3 is 2.50 bits per heavy atom. The number of ether oxygens (including phenoxy) is 1. The number of hydrogen-bond donors (Lipinski definition) is 1. The topological polar surface area (TPSA) is 79.0 Å². The van der Waals surface area contributed by atoms with E-state index in [1.807, 2.05) is 24.3 Å². The highest BCUT2D eigenvalue weighted by atomic mass is 16.5. The normalized spacial score (nSPS) is 16.6. The summed E-state index contributed by atoms with van der Waals surface area (Å²) in [7, 11) is 1.33. The smallest absolute Gasteiger partial charge is 0.305 e. The van der Waals surface area contributed by atoms with Gasteiger partial charge in [0.15, 0.2) is 0 Å². The molecule has 2 heterocycles. The molecule has 2 aromatic rings. The van der Waals surface area contributed by atoms with Crippen molar-refractivity contribution >= 4 is 34.2 Å². The summed E-state index contributed by atoms with van der Waals surface area (Å²) in [6, 6.07) is 9.43. The van der Waals surface area contributed by atoms with Gasteiger partial charge in [-0.15, -0.1) is 0 Å². The first kappa shape index (κ1) is 18.4. The van der Waals surface area contributed by atoms with Crippen molar-refractivity contribution in [3.63, 3.8) is 0 Å². The molecule has 146 valence electrons. The molecular formula is C21H23N3O4. The van der Waals surface area contributed by atoms with Gasteiger partial charge in [-0.1, -0.05) is 12.1 Å². The molecule has 2 aromatic carbocycles. The van der Waals surface area contributed by atoms with Crippen LogP contribution in [0.2, 0.25) is 0 Å². The van der Waals surface area contributed by atoms with Crippen molar-refractivity contribution < 1.29 is 19.1 Å². The van der Waals surface area contributed by atoms with E-state index in [1.165, 1.54) is 12.0 Å². The van der Waals surface area contributed by atoms with E-state index in [0.29, 0.717) is 17.5 Å². The molecule has 2 amide bonds. The predicted octanol–water partition coefficient (Wildman–Crippen LogP) is 1.80. The molecule has 1 saturated heterocycles. The minimum absolute atomic E-state index is 0.173. The molecule has 0 bridgehead atoms. The molecule has 0 aliphatic carbocycles. The Hall–Kier alpha value is -2.93. The van der Waals surface area contributed by atoms with E-state index in [1.54, 1.807) is 6.07 Å². The summed E-state index contributed by atoms with van der Waals surface area (Å²) in [5.74, 6) is -0.948. The van der Waals surface area contributed by atoms with E-state index >= 15 is 0 Å². The minimum Gasteiger partial charge on any atom is -0.469 e. The summed E-state index contributed by atoms with van der Waals surface area (Å²) in [5.41, 5.74) is 2.14. The highest BCUT2D eigenvalue weighted by Crippen LogP contribution is 2.36. The van der Waals surface area contributed by atoms with Gasteiger partial charge in [0, 0.05) is 66.7 Å². The molecule has 1 N–H and O–H groups in total. The number of amides is 2. The number of rotatable bonds is 5. The van der Waals surface area contributed by atoms with Crippen LogP contribution in [0.5, 0.6) is 0 Å². The average molecular weight is 381 g/mol. The monoisotopic (exact) mass is 381 g/mol. The van der Waals surface area contributed by atoms with Gasteiger partial charge in [0.2, 0.25) is 0 Å². The Morgan fingerprint density at radius 2 is 1.79 bits per heavy atom. The predicted molar refractivity (Wildman–Crippen MR) is 106 cm³/mol. The van der Waals surface area contributed by atoms with Crippen LogP contribution in [0.4, 0.5) is 5.69 Å². The van der Waals surface area contributed by atoms with E-state index in [0.717, 1.165) is 42.6 Å². The third-order valence-electron chi connectivity index (χ3n) is 5.42. The Bertz CT molecular complexity index is 928. The molecule has 1 fully saturated rings. The van der Waals surface area contributed by atoms with Crippen LogP contribution in [-0.2, 0) is 9.53 Å². The fourth-order valence-electron chi connectivity index (χ4n) is 4.00. The molecule has 0 aromatic heterocycles. The first-order chi connectivity index (χ1) is 13.6. The van der Waals surface area contributed by atoms with Crippen molar-refractivity contribution in [2.75, 3.05) is 44.7 Å². The van der Waals surface area contributed by atoms with Gasteiger partial charge in [-0.3, -0.25) is 19.3 Å². The summed E-state index contributed by atoms with van der Waals surface area (Å²) >= 11 is 0. The van der Waals surface area contributed by atoms with Gasteiger partial charge in [0.05, 0.1) is 7.11 Å². The SMILES string of the molecule is COC(=O)CCCN1C(=O)c2cccc3c(N4CCNCC4)ccc(c23)C1=O.